The fourth-order valence-electron chi connectivity index (χ4n) is 2.89. The summed E-state index contributed by atoms with van der Waals surface area (Å²) in [6.07, 6.45) is 0. The molecule has 1 saturated heterocycles. The largest absolute Gasteiger partial charge is 0.452 e. The van der Waals surface area contributed by atoms with Gasteiger partial charge >= 0.3 is 5.97 Å². The van der Waals surface area contributed by atoms with Gasteiger partial charge in [-0.15, -0.1) is 0 Å². The zero-order valence-corrected chi connectivity index (χ0v) is 16.8. The van der Waals surface area contributed by atoms with E-state index in [0.717, 1.165) is 4.31 Å². The number of para-hydroxylation sites is 1. The standard InChI is InChI=1S/C20H22N2O6S/c1-21(16-7-3-2-4-8-16)29(25,26)18-10-6-5-9-17(18)20(24)28-15-19(23)22-11-13-27-14-12-22/h2-10H,11-15H2,1H3. The molecule has 0 unspecified atom stereocenters. The van der Waals surface area contributed by atoms with E-state index in [4.69, 9.17) is 9.47 Å². The summed E-state index contributed by atoms with van der Waals surface area (Å²) in [7, 11) is -2.59. The summed E-state index contributed by atoms with van der Waals surface area (Å²) in [6.45, 7) is 1.29. The van der Waals surface area contributed by atoms with Crippen molar-refractivity contribution in [2.75, 3.05) is 44.3 Å². The molecule has 1 aliphatic rings. The third-order valence-electron chi connectivity index (χ3n) is 4.56. The van der Waals surface area contributed by atoms with Gasteiger partial charge in [0.05, 0.1) is 24.5 Å². The number of morpholine rings is 1. The zero-order chi connectivity index (χ0) is 20.9. The predicted octanol–water partition coefficient (Wildman–Crippen LogP) is 1.53. The van der Waals surface area contributed by atoms with Gasteiger partial charge < -0.3 is 14.4 Å². The Labute approximate surface area is 169 Å². The SMILES string of the molecule is CN(c1ccccc1)S(=O)(=O)c1ccccc1C(=O)OCC(=O)N1CCOCC1. The van der Waals surface area contributed by atoms with Crippen LogP contribution in [0.5, 0.6) is 0 Å². The van der Waals surface area contributed by atoms with Crippen LogP contribution in [0.15, 0.2) is 59.5 Å². The fourth-order valence-corrected chi connectivity index (χ4v) is 4.27. The van der Waals surface area contributed by atoms with Crippen molar-refractivity contribution in [3.63, 3.8) is 0 Å². The van der Waals surface area contributed by atoms with Crippen molar-refractivity contribution in [1.29, 1.82) is 0 Å². The van der Waals surface area contributed by atoms with Crippen LogP contribution in [0, 0.1) is 0 Å². The average molecular weight is 418 g/mol. The highest BCUT2D eigenvalue weighted by Gasteiger charge is 2.28. The number of ether oxygens (including phenoxy) is 2. The minimum Gasteiger partial charge on any atom is -0.452 e. The minimum absolute atomic E-state index is 0.120. The first-order chi connectivity index (χ1) is 13.9. The van der Waals surface area contributed by atoms with Crippen LogP contribution in [-0.4, -0.2) is 65.2 Å². The van der Waals surface area contributed by atoms with Crippen molar-refractivity contribution >= 4 is 27.6 Å². The highest BCUT2D eigenvalue weighted by Crippen LogP contribution is 2.24. The molecule has 0 bridgehead atoms. The third-order valence-corrected chi connectivity index (χ3v) is 6.40. The summed E-state index contributed by atoms with van der Waals surface area (Å²) in [4.78, 5) is 26.1. The summed E-state index contributed by atoms with van der Waals surface area (Å²) in [5, 5.41) is 0. The van der Waals surface area contributed by atoms with Gasteiger partial charge in [-0.2, -0.15) is 0 Å². The summed E-state index contributed by atoms with van der Waals surface area (Å²) in [5.41, 5.74) is 0.336. The Balaban J connectivity index is 1.77. The molecule has 3 rings (SSSR count). The van der Waals surface area contributed by atoms with Crippen molar-refractivity contribution in [2.24, 2.45) is 0 Å². The number of amides is 1. The van der Waals surface area contributed by atoms with E-state index >= 15 is 0 Å². The molecule has 154 valence electrons. The quantitative estimate of drug-likeness (QED) is 0.661. The zero-order valence-electron chi connectivity index (χ0n) is 16.0. The lowest BCUT2D eigenvalue weighted by Gasteiger charge is -2.26. The summed E-state index contributed by atoms with van der Waals surface area (Å²) in [6, 6.07) is 14.3. The number of carbonyl (C=O) groups excluding carboxylic acids is 2. The van der Waals surface area contributed by atoms with Crippen LogP contribution in [0.4, 0.5) is 5.69 Å². The van der Waals surface area contributed by atoms with Gasteiger partial charge in [0.15, 0.2) is 6.61 Å². The third kappa shape index (κ3) is 4.75. The summed E-state index contributed by atoms with van der Waals surface area (Å²) >= 11 is 0. The number of carbonyl (C=O) groups is 2. The Morgan fingerprint density at radius 1 is 1.03 bits per heavy atom. The molecule has 0 aromatic heterocycles. The van der Waals surface area contributed by atoms with E-state index in [1.807, 2.05) is 0 Å². The summed E-state index contributed by atoms with van der Waals surface area (Å²) in [5.74, 6) is -1.21. The Morgan fingerprint density at radius 3 is 2.34 bits per heavy atom. The van der Waals surface area contributed by atoms with E-state index < -0.39 is 22.6 Å². The van der Waals surface area contributed by atoms with Crippen LogP contribution < -0.4 is 4.31 Å². The van der Waals surface area contributed by atoms with Gasteiger partial charge in [-0.05, 0) is 24.3 Å². The van der Waals surface area contributed by atoms with Crippen LogP contribution in [0.3, 0.4) is 0 Å². The number of rotatable bonds is 6. The number of hydrogen-bond acceptors (Lipinski definition) is 6. The second kappa shape index (κ2) is 9.06. The second-order valence-electron chi connectivity index (χ2n) is 6.37. The number of nitrogens with zero attached hydrogens (tertiary/aromatic N) is 2. The fraction of sp³-hybridized carbons (Fsp3) is 0.300. The van der Waals surface area contributed by atoms with Gasteiger partial charge in [0.2, 0.25) is 0 Å². The van der Waals surface area contributed by atoms with E-state index in [2.05, 4.69) is 0 Å². The van der Waals surface area contributed by atoms with Crippen molar-refractivity contribution in [3.05, 3.63) is 60.2 Å². The first-order valence-electron chi connectivity index (χ1n) is 9.07. The van der Waals surface area contributed by atoms with Crippen LogP contribution in [-0.2, 0) is 24.3 Å². The van der Waals surface area contributed by atoms with Gasteiger partial charge in [-0.25, -0.2) is 13.2 Å². The molecule has 9 heteroatoms. The van der Waals surface area contributed by atoms with E-state index in [1.165, 1.54) is 25.2 Å². The molecule has 1 heterocycles. The predicted molar refractivity (Wildman–Crippen MR) is 106 cm³/mol. The van der Waals surface area contributed by atoms with E-state index in [1.54, 1.807) is 41.3 Å². The molecule has 2 aromatic rings. The molecule has 1 aliphatic heterocycles. The molecule has 0 saturated carbocycles. The molecule has 2 aromatic carbocycles. The molecule has 29 heavy (non-hydrogen) atoms. The lowest BCUT2D eigenvalue weighted by molar-refractivity contribution is -0.138. The maximum atomic E-state index is 13.1. The number of hydrogen-bond donors (Lipinski definition) is 0. The summed E-state index contributed by atoms with van der Waals surface area (Å²) < 4.78 is 37.5. The Hall–Kier alpha value is -2.91. The number of benzene rings is 2. The number of anilines is 1. The number of esters is 1. The first-order valence-corrected chi connectivity index (χ1v) is 10.5. The lowest BCUT2D eigenvalue weighted by Crippen LogP contribution is -2.42. The van der Waals surface area contributed by atoms with Crippen molar-refractivity contribution in [1.82, 2.24) is 4.90 Å². The highest BCUT2D eigenvalue weighted by molar-refractivity contribution is 7.92. The van der Waals surface area contributed by atoms with Crippen molar-refractivity contribution < 1.29 is 27.5 Å². The van der Waals surface area contributed by atoms with Crippen molar-refractivity contribution in [3.8, 4) is 0 Å². The molecular formula is C20H22N2O6S. The maximum Gasteiger partial charge on any atom is 0.340 e. The molecular weight excluding hydrogens is 396 g/mol. The first kappa shape index (κ1) is 20.8. The molecule has 0 radical (unpaired) electrons. The molecule has 0 N–H and O–H groups in total. The van der Waals surface area contributed by atoms with Crippen LogP contribution in [0.1, 0.15) is 10.4 Å². The van der Waals surface area contributed by atoms with Crippen LogP contribution >= 0.6 is 0 Å². The average Bonchev–Trinajstić information content (AvgIpc) is 2.77. The van der Waals surface area contributed by atoms with E-state index in [0.29, 0.717) is 32.0 Å². The molecule has 1 fully saturated rings. The normalized spacial score (nSPS) is 14.3. The highest BCUT2D eigenvalue weighted by atomic mass is 32.2. The van der Waals surface area contributed by atoms with E-state index in [9.17, 15) is 18.0 Å². The van der Waals surface area contributed by atoms with Crippen molar-refractivity contribution in [2.45, 2.75) is 4.90 Å². The van der Waals surface area contributed by atoms with Gasteiger partial charge in [0.25, 0.3) is 15.9 Å². The topological polar surface area (TPSA) is 93.2 Å². The van der Waals surface area contributed by atoms with Gasteiger partial charge in [0.1, 0.15) is 4.90 Å². The Kier molecular flexibility index (Phi) is 6.50. The Bertz CT molecular complexity index is 971. The molecule has 8 nitrogen and oxygen atoms in total. The van der Waals surface area contributed by atoms with Gasteiger partial charge in [-0.1, -0.05) is 30.3 Å². The van der Waals surface area contributed by atoms with E-state index in [-0.39, 0.29) is 16.4 Å². The Morgan fingerprint density at radius 2 is 1.66 bits per heavy atom. The van der Waals surface area contributed by atoms with Crippen LogP contribution in [0.2, 0.25) is 0 Å². The molecule has 0 spiro atoms. The minimum atomic E-state index is -4.01. The molecule has 0 atom stereocenters. The van der Waals surface area contributed by atoms with Gasteiger partial charge in [-0.3, -0.25) is 9.10 Å². The molecule has 0 aliphatic carbocycles. The second-order valence-corrected chi connectivity index (χ2v) is 8.31. The smallest absolute Gasteiger partial charge is 0.340 e. The number of sulfonamides is 1. The van der Waals surface area contributed by atoms with Gasteiger partial charge in [0, 0.05) is 20.1 Å². The van der Waals surface area contributed by atoms with Crippen LogP contribution in [0.25, 0.3) is 0 Å². The monoisotopic (exact) mass is 418 g/mol. The molecule has 1 amide bonds. The maximum absolute atomic E-state index is 13.1. The lowest BCUT2D eigenvalue weighted by atomic mass is 10.2.